The number of aromatic nitrogens is 1. The van der Waals surface area contributed by atoms with Crippen LogP contribution >= 0.6 is 0 Å². The third kappa shape index (κ3) is 1.98. The maximum absolute atomic E-state index is 14.4. The van der Waals surface area contributed by atoms with E-state index in [0.717, 1.165) is 49.9 Å². The van der Waals surface area contributed by atoms with E-state index in [-0.39, 0.29) is 11.4 Å². The van der Waals surface area contributed by atoms with Crippen LogP contribution in [-0.2, 0) is 7.05 Å². The fraction of sp³-hybridized carbons (Fsp3) is 0.160. The van der Waals surface area contributed by atoms with E-state index in [4.69, 9.17) is 9.15 Å². The number of benzene rings is 3. The Hall–Kier alpha value is -3.40. The molecule has 0 aliphatic carbocycles. The molecule has 0 unspecified atom stereocenters. The zero-order valence-electron chi connectivity index (χ0n) is 16.7. The lowest BCUT2D eigenvalue weighted by Gasteiger charge is -2.23. The number of hydrogen-bond acceptors (Lipinski definition) is 2. The molecule has 29 heavy (non-hydrogen) atoms. The van der Waals surface area contributed by atoms with Gasteiger partial charge >= 0.3 is 0 Å². The lowest BCUT2D eigenvalue weighted by atomic mass is 9.90. The summed E-state index contributed by atoms with van der Waals surface area (Å²) in [6.07, 6.45) is 2.06. The highest BCUT2D eigenvalue weighted by Crippen LogP contribution is 2.52. The summed E-state index contributed by atoms with van der Waals surface area (Å²) in [5, 5.41) is 3.61. The van der Waals surface area contributed by atoms with E-state index in [1.807, 2.05) is 12.1 Å². The molecule has 0 N–H and O–H groups in total. The van der Waals surface area contributed by atoms with Gasteiger partial charge in [0.2, 0.25) is 5.69 Å². The normalized spacial score (nSPS) is 12.6. The zero-order chi connectivity index (χ0) is 20.0. The summed E-state index contributed by atoms with van der Waals surface area (Å²) in [7, 11) is 2.06. The van der Waals surface area contributed by atoms with Crippen molar-refractivity contribution >= 4 is 32.7 Å². The Kier molecular flexibility index (Phi) is 3.05. The molecule has 0 amide bonds. The SMILES string of the molecule is Cc1cc(C)c2c(c1C)-c1c3c(c4c(cc3cc[n+]1C)oc1c(F)cccc14)O2. The Balaban J connectivity index is 1.90. The van der Waals surface area contributed by atoms with Crippen molar-refractivity contribution in [2.75, 3.05) is 0 Å². The Bertz CT molecular complexity index is 1530. The van der Waals surface area contributed by atoms with Crippen LogP contribution in [-0.4, -0.2) is 0 Å². The second-order valence-electron chi connectivity index (χ2n) is 7.98. The minimum atomic E-state index is -0.361. The molecule has 1 aliphatic heterocycles. The first-order valence-electron chi connectivity index (χ1n) is 9.71. The van der Waals surface area contributed by atoms with Gasteiger partial charge in [-0.3, -0.25) is 0 Å². The highest BCUT2D eigenvalue weighted by molar-refractivity contribution is 6.18. The van der Waals surface area contributed by atoms with Crippen LogP contribution in [0.3, 0.4) is 0 Å². The first-order chi connectivity index (χ1) is 14.0. The number of ether oxygens (including phenoxy) is 1. The number of para-hydroxylation sites is 1. The molecule has 0 radical (unpaired) electrons. The van der Waals surface area contributed by atoms with Gasteiger partial charge in [0, 0.05) is 16.8 Å². The Morgan fingerprint density at radius 1 is 0.931 bits per heavy atom. The maximum atomic E-state index is 14.4. The average Bonchev–Trinajstić information content (AvgIpc) is 3.08. The number of halogens is 1. The lowest BCUT2D eigenvalue weighted by molar-refractivity contribution is -0.659. The quantitative estimate of drug-likeness (QED) is 0.283. The number of furan rings is 1. The smallest absolute Gasteiger partial charge is 0.228 e. The molecule has 4 heteroatoms. The molecule has 5 aromatic rings. The fourth-order valence-corrected chi connectivity index (χ4v) is 4.71. The molecule has 3 nitrogen and oxygen atoms in total. The summed E-state index contributed by atoms with van der Waals surface area (Å²) in [6.45, 7) is 6.35. The van der Waals surface area contributed by atoms with Gasteiger partial charge in [-0.25, -0.2) is 8.96 Å². The molecule has 3 heterocycles. The van der Waals surface area contributed by atoms with Gasteiger partial charge in [0.25, 0.3) is 0 Å². The van der Waals surface area contributed by atoms with Crippen molar-refractivity contribution in [3.63, 3.8) is 0 Å². The highest BCUT2D eigenvalue weighted by atomic mass is 19.1. The standard InChI is InChI=1S/C25H19FNO2/c1-12-10-13(2)23-19(14(12)3)22-20-15(8-9-27(22)4)11-18-21(25(20)29-23)16-6-5-7-17(26)24(16)28-18/h5-11H,1-4H3/q+1. The van der Waals surface area contributed by atoms with Crippen molar-refractivity contribution in [2.24, 2.45) is 7.05 Å². The van der Waals surface area contributed by atoms with E-state index in [2.05, 4.69) is 50.7 Å². The molecule has 1 aliphatic rings. The summed E-state index contributed by atoms with van der Waals surface area (Å²) in [5.74, 6) is 1.24. The summed E-state index contributed by atoms with van der Waals surface area (Å²) >= 11 is 0. The van der Waals surface area contributed by atoms with Gasteiger partial charge in [-0.15, -0.1) is 0 Å². The highest BCUT2D eigenvalue weighted by Gasteiger charge is 2.33. The van der Waals surface area contributed by atoms with Gasteiger partial charge in [-0.2, -0.15) is 0 Å². The van der Waals surface area contributed by atoms with Crippen molar-refractivity contribution < 1.29 is 18.1 Å². The molecule has 0 saturated heterocycles. The first kappa shape index (κ1) is 16.5. The van der Waals surface area contributed by atoms with Crippen molar-refractivity contribution in [3.8, 4) is 22.8 Å². The van der Waals surface area contributed by atoms with Crippen molar-refractivity contribution in [3.05, 3.63) is 65.1 Å². The van der Waals surface area contributed by atoms with Gasteiger partial charge in [0.15, 0.2) is 23.3 Å². The van der Waals surface area contributed by atoms with E-state index in [0.29, 0.717) is 5.58 Å². The summed E-state index contributed by atoms with van der Waals surface area (Å²) < 4.78 is 29.1. The van der Waals surface area contributed by atoms with Crippen LogP contribution < -0.4 is 9.30 Å². The third-order valence-corrected chi connectivity index (χ3v) is 6.22. The second-order valence-corrected chi connectivity index (χ2v) is 7.98. The minimum absolute atomic E-state index is 0.270. The molecule has 0 fully saturated rings. The van der Waals surface area contributed by atoms with E-state index in [9.17, 15) is 4.39 Å². The predicted molar refractivity (Wildman–Crippen MR) is 112 cm³/mol. The molecular weight excluding hydrogens is 365 g/mol. The first-order valence-corrected chi connectivity index (χ1v) is 9.71. The van der Waals surface area contributed by atoms with E-state index >= 15 is 0 Å². The lowest BCUT2D eigenvalue weighted by Crippen LogP contribution is -2.32. The molecule has 0 saturated carbocycles. The number of rotatable bonds is 0. The molecule has 2 aromatic heterocycles. The van der Waals surface area contributed by atoms with Crippen molar-refractivity contribution in [1.82, 2.24) is 0 Å². The van der Waals surface area contributed by atoms with Gasteiger partial charge in [0.1, 0.15) is 18.4 Å². The van der Waals surface area contributed by atoms with E-state index < -0.39 is 0 Å². The second kappa shape index (κ2) is 5.35. The van der Waals surface area contributed by atoms with Crippen LogP contribution in [0.4, 0.5) is 4.39 Å². The van der Waals surface area contributed by atoms with Crippen LogP contribution in [0.1, 0.15) is 16.7 Å². The largest absolute Gasteiger partial charge is 0.454 e. The number of nitrogens with zero attached hydrogens (tertiary/aromatic N) is 1. The number of pyridine rings is 1. The van der Waals surface area contributed by atoms with Crippen LogP contribution in [0.25, 0.3) is 44.0 Å². The number of aryl methyl sites for hydroxylation is 3. The van der Waals surface area contributed by atoms with Crippen LogP contribution in [0.5, 0.6) is 11.5 Å². The summed E-state index contributed by atoms with van der Waals surface area (Å²) in [5.41, 5.74) is 6.69. The number of hydrogen-bond donors (Lipinski definition) is 0. The predicted octanol–water partition coefficient (Wildman–Crippen LogP) is 6.40. The molecule has 0 atom stereocenters. The van der Waals surface area contributed by atoms with Crippen LogP contribution in [0, 0.1) is 26.6 Å². The summed E-state index contributed by atoms with van der Waals surface area (Å²) in [4.78, 5) is 0. The Labute approximate surface area is 166 Å². The monoisotopic (exact) mass is 384 g/mol. The molecule has 0 spiro atoms. The Morgan fingerprint density at radius 2 is 1.76 bits per heavy atom. The fourth-order valence-electron chi connectivity index (χ4n) is 4.71. The molecular formula is C25H19FNO2+. The average molecular weight is 384 g/mol. The summed E-state index contributed by atoms with van der Waals surface area (Å²) in [6, 6.07) is 11.2. The van der Waals surface area contributed by atoms with Gasteiger partial charge in [0.05, 0.1) is 16.3 Å². The van der Waals surface area contributed by atoms with Crippen LogP contribution in [0.15, 0.2) is 47.0 Å². The Morgan fingerprint density at radius 3 is 2.59 bits per heavy atom. The molecule has 6 rings (SSSR count). The van der Waals surface area contributed by atoms with Crippen molar-refractivity contribution in [2.45, 2.75) is 20.8 Å². The maximum Gasteiger partial charge on any atom is 0.228 e. The van der Waals surface area contributed by atoms with Gasteiger partial charge < -0.3 is 9.15 Å². The van der Waals surface area contributed by atoms with E-state index in [1.54, 1.807) is 6.07 Å². The molecule has 0 bridgehead atoms. The minimum Gasteiger partial charge on any atom is -0.454 e. The topological polar surface area (TPSA) is 26.2 Å². The van der Waals surface area contributed by atoms with Gasteiger partial charge in [-0.1, -0.05) is 18.2 Å². The van der Waals surface area contributed by atoms with Gasteiger partial charge in [-0.05, 0) is 49.6 Å². The van der Waals surface area contributed by atoms with Crippen LogP contribution in [0.2, 0.25) is 0 Å². The van der Waals surface area contributed by atoms with E-state index in [1.165, 1.54) is 17.2 Å². The molecule has 3 aromatic carbocycles. The van der Waals surface area contributed by atoms with Crippen molar-refractivity contribution in [1.29, 1.82) is 0 Å². The number of fused-ring (bicyclic) bond motifs is 6. The molecule has 142 valence electrons. The third-order valence-electron chi connectivity index (χ3n) is 6.22. The zero-order valence-corrected chi connectivity index (χ0v) is 16.7.